The quantitative estimate of drug-likeness (QED) is 0.509. The van der Waals surface area contributed by atoms with Gasteiger partial charge in [0.05, 0.1) is 18.0 Å². The van der Waals surface area contributed by atoms with Crippen molar-refractivity contribution in [3.8, 4) is 0 Å². The lowest BCUT2D eigenvalue weighted by Gasteiger charge is -2.17. The fourth-order valence-electron chi connectivity index (χ4n) is 2.65. The first-order chi connectivity index (χ1) is 15.5. The summed E-state index contributed by atoms with van der Waals surface area (Å²) in [5.41, 5.74) is 1.26. The Balaban J connectivity index is 1.98. The second-order valence-corrected chi connectivity index (χ2v) is 9.76. The van der Waals surface area contributed by atoms with Crippen molar-refractivity contribution in [3.05, 3.63) is 48.5 Å². The van der Waals surface area contributed by atoms with Crippen LogP contribution in [-0.2, 0) is 24.3 Å². The minimum absolute atomic E-state index is 0.0157. The van der Waals surface area contributed by atoms with E-state index in [-0.39, 0.29) is 23.3 Å². The fourth-order valence-corrected chi connectivity index (χ4v) is 3.78. The molecule has 2 aromatic carbocycles. The molecule has 2 aromatic rings. The molecule has 178 valence electrons. The van der Waals surface area contributed by atoms with Crippen molar-refractivity contribution in [2.24, 2.45) is 5.92 Å². The van der Waals surface area contributed by atoms with Crippen LogP contribution in [0, 0.1) is 5.92 Å². The second-order valence-electron chi connectivity index (χ2n) is 7.71. The number of carbonyl (C=O) groups excluding carboxylic acids is 3. The molecule has 33 heavy (non-hydrogen) atoms. The van der Waals surface area contributed by atoms with Gasteiger partial charge in [-0.15, -0.1) is 0 Å². The molecule has 0 aromatic heterocycles. The molecule has 0 aliphatic heterocycles. The Morgan fingerprint density at radius 2 is 1.55 bits per heavy atom. The highest BCUT2D eigenvalue weighted by molar-refractivity contribution is 7.89. The van der Waals surface area contributed by atoms with Crippen LogP contribution in [0.15, 0.2) is 53.4 Å². The normalized spacial score (nSPS) is 11.2. The Morgan fingerprint density at radius 1 is 0.939 bits per heavy atom. The highest BCUT2D eigenvalue weighted by Gasteiger charge is 2.23. The molecule has 0 bridgehead atoms. The Morgan fingerprint density at radius 3 is 2.12 bits per heavy atom. The summed E-state index contributed by atoms with van der Waals surface area (Å²) < 4.78 is 31.4. The maximum atomic E-state index is 12.7. The number of sulfonamides is 1. The van der Waals surface area contributed by atoms with E-state index in [9.17, 15) is 22.8 Å². The third-order valence-electron chi connectivity index (χ3n) is 4.19. The molecule has 0 radical (unpaired) electrons. The standard InChI is InChI=1S/C22H28N4O6S/c1-15(2)14-32-22(29)25-19-7-5-6-18(12-19)24-21(28)13-26(4)33(30,31)20-10-8-17(9-11-20)23-16(3)27/h5-12,15H,13-14H2,1-4H3,(H,23,27)(H,24,28)(H,25,29). The average Bonchev–Trinajstić information content (AvgIpc) is 2.72. The van der Waals surface area contributed by atoms with Crippen LogP contribution in [0.4, 0.5) is 21.9 Å². The Kier molecular flexibility index (Phi) is 8.94. The van der Waals surface area contributed by atoms with Gasteiger partial charge in [-0.25, -0.2) is 13.2 Å². The molecule has 0 aliphatic carbocycles. The zero-order valence-electron chi connectivity index (χ0n) is 18.9. The van der Waals surface area contributed by atoms with E-state index in [1.54, 1.807) is 18.2 Å². The summed E-state index contributed by atoms with van der Waals surface area (Å²) in [5, 5.41) is 7.73. The van der Waals surface area contributed by atoms with Crippen LogP contribution in [0.3, 0.4) is 0 Å². The molecule has 0 heterocycles. The minimum Gasteiger partial charge on any atom is -0.449 e. The SMILES string of the molecule is CC(=O)Nc1ccc(S(=O)(=O)N(C)CC(=O)Nc2cccc(NC(=O)OCC(C)C)c2)cc1. The van der Waals surface area contributed by atoms with E-state index in [1.807, 2.05) is 13.8 Å². The second kappa shape index (κ2) is 11.4. The van der Waals surface area contributed by atoms with Crippen LogP contribution < -0.4 is 16.0 Å². The molecule has 0 unspecified atom stereocenters. The largest absolute Gasteiger partial charge is 0.449 e. The summed E-state index contributed by atoms with van der Waals surface area (Å²) in [6.45, 7) is 5.03. The van der Waals surface area contributed by atoms with Crippen LogP contribution in [0.1, 0.15) is 20.8 Å². The predicted molar refractivity (Wildman–Crippen MR) is 125 cm³/mol. The van der Waals surface area contributed by atoms with Gasteiger partial charge < -0.3 is 15.4 Å². The number of nitrogens with one attached hydrogen (secondary N) is 3. The molecule has 0 aliphatic rings. The average molecular weight is 477 g/mol. The van der Waals surface area contributed by atoms with Gasteiger partial charge in [0, 0.05) is 31.0 Å². The van der Waals surface area contributed by atoms with E-state index in [1.165, 1.54) is 44.3 Å². The van der Waals surface area contributed by atoms with Crippen molar-refractivity contribution in [2.75, 3.05) is 36.1 Å². The zero-order chi connectivity index (χ0) is 24.6. The maximum Gasteiger partial charge on any atom is 0.411 e. The van der Waals surface area contributed by atoms with Crippen molar-refractivity contribution in [1.29, 1.82) is 0 Å². The summed E-state index contributed by atoms with van der Waals surface area (Å²) in [6, 6.07) is 12.0. The Labute approximate surface area is 193 Å². The van der Waals surface area contributed by atoms with Crippen molar-refractivity contribution < 1.29 is 27.5 Å². The zero-order valence-corrected chi connectivity index (χ0v) is 19.7. The lowest BCUT2D eigenvalue weighted by molar-refractivity contribution is -0.116. The van der Waals surface area contributed by atoms with Crippen molar-refractivity contribution in [2.45, 2.75) is 25.7 Å². The summed E-state index contributed by atoms with van der Waals surface area (Å²) in [4.78, 5) is 35.3. The highest BCUT2D eigenvalue weighted by atomic mass is 32.2. The van der Waals surface area contributed by atoms with Gasteiger partial charge in [0.1, 0.15) is 0 Å². The minimum atomic E-state index is -3.92. The molecule has 0 atom stereocenters. The maximum absolute atomic E-state index is 12.7. The third kappa shape index (κ3) is 8.20. The van der Waals surface area contributed by atoms with E-state index >= 15 is 0 Å². The molecule has 0 spiro atoms. The first-order valence-electron chi connectivity index (χ1n) is 10.1. The van der Waals surface area contributed by atoms with Crippen LogP contribution in [0.2, 0.25) is 0 Å². The van der Waals surface area contributed by atoms with Gasteiger partial charge >= 0.3 is 6.09 Å². The smallest absolute Gasteiger partial charge is 0.411 e. The molecule has 3 N–H and O–H groups in total. The molecule has 2 rings (SSSR count). The number of amides is 3. The Bertz CT molecular complexity index is 1100. The van der Waals surface area contributed by atoms with E-state index < -0.39 is 28.6 Å². The van der Waals surface area contributed by atoms with Crippen LogP contribution in [-0.4, -0.2) is 50.8 Å². The predicted octanol–water partition coefficient (Wildman–Crippen LogP) is 3.11. The van der Waals surface area contributed by atoms with Crippen LogP contribution in [0.25, 0.3) is 0 Å². The summed E-state index contributed by atoms with van der Waals surface area (Å²) in [6.07, 6.45) is -0.609. The molecule has 10 nitrogen and oxygen atoms in total. The number of likely N-dealkylation sites (N-methyl/N-ethyl adjacent to an activating group) is 1. The van der Waals surface area contributed by atoms with Gasteiger partial charge in [0.25, 0.3) is 0 Å². The number of ether oxygens (including phenoxy) is 1. The third-order valence-corrected chi connectivity index (χ3v) is 6.01. The highest BCUT2D eigenvalue weighted by Crippen LogP contribution is 2.19. The van der Waals surface area contributed by atoms with Gasteiger partial charge in [-0.1, -0.05) is 19.9 Å². The molecule has 0 saturated heterocycles. The summed E-state index contributed by atoms with van der Waals surface area (Å²) >= 11 is 0. The first kappa shape index (κ1) is 25.8. The van der Waals surface area contributed by atoms with Gasteiger partial charge in [-0.2, -0.15) is 4.31 Å². The molecular formula is C22H28N4O6S. The topological polar surface area (TPSA) is 134 Å². The van der Waals surface area contributed by atoms with E-state index in [0.717, 1.165) is 4.31 Å². The van der Waals surface area contributed by atoms with Crippen molar-refractivity contribution >= 4 is 45.0 Å². The number of nitrogens with zero attached hydrogens (tertiary/aromatic N) is 1. The fraction of sp³-hybridized carbons (Fsp3) is 0.318. The number of rotatable bonds is 9. The monoisotopic (exact) mass is 476 g/mol. The van der Waals surface area contributed by atoms with Gasteiger partial charge in [0.15, 0.2) is 0 Å². The van der Waals surface area contributed by atoms with Crippen molar-refractivity contribution in [3.63, 3.8) is 0 Å². The number of benzene rings is 2. The number of anilines is 3. The van der Waals surface area contributed by atoms with Crippen LogP contribution >= 0.6 is 0 Å². The van der Waals surface area contributed by atoms with Gasteiger partial charge in [-0.05, 0) is 48.4 Å². The van der Waals surface area contributed by atoms with Crippen molar-refractivity contribution in [1.82, 2.24) is 4.31 Å². The molecule has 0 fully saturated rings. The molecule has 3 amide bonds. The van der Waals surface area contributed by atoms with E-state index in [4.69, 9.17) is 4.74 Å². The lowest BCUT2D eigenvalue weighted by atomic mass is 10.2. The number of hydrogen-bond donors (Lipinski definition) is 3. The van der Waals surface area contributed by atoms with Gasteiger partial charge in [-0.3, -0.25) is 14.9 Å². The van der Waals surface area contributed by atoms with Crippen LogP contribution in [0.5, 0.6) is 0 Å². The van der Waals surface area contributed by atoms with Gasteiger partial charge in [0.2, 0.25) is 21.8 Å². The summed E-state index contributed by atoms with van der Waals surface area (Å²) in [7, 11) is -2.63. The lowest BCUT2D eigenvalue weighted by Crippen LogP contribution is -2.35. The molecular weight excluding hydrogens is 448 g/mol. The summed E-state index contributed by atoms with van der Waals surface area (Å²) in [5.74, 6) is -0.633. The Hall–Kier alpha value is -3.44. The number of hydrogen-bond acceptors (Lipinski definition) is 6. The molecule has 11 heteroatoms. The van der Waals surface area contributed by atoms with E-state index in [0.29, 0.717) is 17.1 Å². The molecule has 0 saturated carbocycles. The van der Waals surface area contributed by atoms with E-state index in [2.05, 4.69) is 16.0 Å². The number of carbonyl (C=O) groups is 3. The first-order valence-corrected chi connectivity index (χ1v) is 11.6.